The van der Waals surface area contributed by atoms with Crippen LogP contribution in [0.4, 0.5) is 13.2 Å². The number of aryl methyl sites for hydroxylation is 1. The third-order valence-electron chi connectivity index (χ3n) is 6.08. The van der Waals surface area contributed by atoms with Gasteiger partial charge in [-0.2, -0.15) is 0 Å². The first-order valence-electron chi connectivity index (χ1n) is 10.5. The minimum Gasteiger partial charge on any atom is -0.355 e. The summed E-state index contributed by atoms with van der Waals surface area (Å²) in [5.41, 5.74) is 1.89. The summed E-state index contributed by atoms with van der Waals surface area (Å²) in [7, 11) is 0. The van der Waals surface area contributed by atoms with Crippen molar-refractivity contribution in [3.05, 3.63) is 57.0 Å². The van der Waals surface area contributed by atoms with E-state index in [0.717, 1.165) is 22.4 Å². The highest BCUT2D eigenvalue weighted by atomic mass is 32.1. The average Bonchev–Trinajstić information content (AvgIpc) is 3.09. The van der Waals surface area contributed by atoms with Gasteiger partial charge in [-0.05, 0) is 42.7 Å². The highest BCUT2D eigenvalue weighted by Crippen LogP contribution is 2.42. The van der Waals surface area contributed by atoms with Gasteiger partial charge in [0.15, 0.2) is 0 Å². The van der Waals surface area contributed by atoms with Gasteiger partial charge in [0, 0.05) is 41.6 Å². The lowest BCUT2D eigenvalue weighted by molar-refractivity contribution is -0.150. The molecule has 2 amide bonds. The third kappa shape index (κ3) is 4.49. The van der Waals surface area contributed by atoms with E-state index in [1.165, 1.54) is 17.0 Å². The van der Waals surface area contributed by atoms with E-state index in [1.807, 2.05) is 6.92 Å². The van der Waals surface area contributed by atoms with Crippen LogP contribution in [0.2, 0.25) is 0 Å². The Balaban J connectivity index is 1.49. The van der Waals surface area contributed by atoms with Crippen LogP contribution in [-0.4, -0.2) is 35.7 Å². The molecule has 2 atom stereocenters. The lowest BCUT2D eigenvalue weighted by Crippen LogP contribution is -2.48. The molecule has 1 saturated carbocycles. The average molecular weight is 451 g/mol. The molecule has 1 unspecified atom stereocenters. The van der Waals surface area contributed by atoms with Gasteiger partial charge in [-0.3, -0.25) is 9.59 Å². The molecule has 1 aliphatic carbocycles. The molecule has 2 heterocycles. The van der Waals surface area contributed by atoms with Crippen molar-refractivity contribution in [2.75, 3.05) is 13.1 Å². The number of amides is 2. The first-order chi connectivity index (χ1) is 14.6. The second kappa shape index (κ2) is 8.30. The number of hydrogen-bond acceptors (Lipinski definition) is 3. The number of halogens is 3. The van der Waals surface area contributed by atoms with Crippen molar-refractivity contribution in [3.8, 4) is 0 Å². The fraction of sp³-hybridized carbons (Fsp3) is 0.478. The number of fused-ring (bicyclic) bond motifs is 1. The first kappa shape index (κ1) is 21.9. The zero-order valence-corrected chi connectivity index (χ0v) is 18.3. The van der Waals surface area contributed by atoms with Crippen molar-refractivity contribution in [3.63, 3.8) is 0 Å². The molecule has 0 bridgehead atoms. The summed E-state index contributed by atoms with van der Waals surface area (Å²) in [4.78, 5) is 29.6. The van der Waals surface area contributed by atoms with E-state index < -0.39 is 36.5 Å². The largest absolute Gasteiger partial charge is 0.355 e. The molecular formula is C23H25F3N2O2S. The highest BCUT2D eigenvalue weighted by molar-refractivity contribution is 7.12. The smallest absolute Gasteiger partial charge is 0.249 e. The van der Waals surface area contributed by atoms with Crippen molar-refractivity contribution in [2.24, 2.45) is 11.8 Å². The summed E-state index contributed by atoms with van der Waals surface area (Å²) < 4.78 is 39.5. The van der Waals surface area contributed by atoms with Crippen LogP contribution in [0.1, 0.15) is 46.7 Å². The van der Waals surface area contributed by atoms with Crippen LogP contribution in [-0.2, 0) is 16.0 Å². The Morgan fingerprint density at radius 1 is 1.26 bits per heavy atom. The number of carbonyl (C=O) groups excluding carboxylic acids is 2. The maximum Gasteiger partial charge on any atom is 0.249 e. The SMILES string of the molecule is Cc1cc2c(s1)CCN(C(=O)C(C)CNC(=O)C1CC(F)(F)C1)[C@@H]2c1ccc(F)cc1. The van der Waals surface area contributed by atoms with E-state index >= 15 is 0 Å². The molecule has 1 aliphatic heterocycles. The summed E-state index contributed by atoms with van der Waals surface area (Å²) in [6.45, 7) is 4.38. The van der Waals surface area contributed by atoms with Gasteiger partial charge in [0.1, 0.15) is 5.82 Å². The highest BCUT2D eigenvalue weighted by Gasteiger charge is 2.48. The van der Waals surface area contributed by atoms with Gasteiger partial charge < -0.3 is 10.2 Å². The van der Waals surface area contributed by atoms with Crippen molar-refractivity contribution in [1.82, 2.24) is 10.2 Å². The monoisotopic (exact) mass is 450 g/mol. The second-order valence-corrected chi connectivity index (χ2v) is 9.92. The van der Waals surface area contributed by atoms with Gasteiger partial charge in [-0.15, -0.1) is 11.3 Å². The van der Waals surface area contributed by atoms with E-state index in [2.05, 4.69) is 11.4 Å². The summed E-state index contributed by atoms with van der Waals surface area (Å²) >= 11 is 1.71. The molecule has 0 spiro atoms. The molecule has 1 aromatic heterocycles. The third-order valence-corrected chi connectivity index (χ3v) is 7.21. The van der Waals surface area contributed by atoms with Crippen LogP contribution in [0.15, 0.2) is 30.3 Å². The summed E-state index contributed by atoms with van der Waals surface area (Å²) in [5.74, 6) is -4.82. The summed E-state index contributed by atoms with van der Waals surface area (Å²) in [6, 6.07) is 7.95. The lowest BCUT2D eigenvalue weighted by Gasteiger charge is -2.38. The van der Waals surface area contributed by atoms with Crippen LogP contribution >= 0.6 is 11.3 Å². The number of nitrogens with zero attached hydrogens (tertiary/aromatic N) is 1. The van der Waals surface area contributed by atoms with Gasteiger partial charge in [0.2, 0.25) is 17.7 Å². The predicted molar refractivity (Wildman–Crippen MR) is 113 cm³/mol. The fourth-order valence-corrected chi connectivity index (χ4v) is 5.44. The predicted octanol–water partition coefficient (Wildman–Crippen LogP) is 4.47. The van der Waals surface area contributed by atoms with Gasteiger partial charge in [-0.25, -0.2) is 13.2 Å². The molecule has 0 radical (unpaired) electrons. The van der Waals surface area contributed by atoms with Crippen molar-refractivity contribution >= 4 is 23.2 Å². The van der Waals surface area contributed by atoms with Crippen LogP contribution in [0.5, 0.6) is 0 Å². The van der Waals surface area contributed by atoms with Gasteiger partial charge in [0.25, 0.3) is 0 Å². The molecule has 8 heteroatoms. The Kier molecular flexibility index (Phi) is 5.85. The summed E-state index contributed by atoms with van der Waals surface area (Å²) in [6.07, 6.45) is -0.117. The quantitative estimate of drug-likeness (QED) is 0.731. The molecule has 166 valence electrons. The zero-order valence-electron chi connectivity index (χ0n) is 17.5. The van der Waals surface area contributed by atoms with E-state index in [1.54, 1.807) is 35.3 Å². The van der Waals surface area contributed by atoms with E-state index in [9.17, 15) is 22.8 Å². The molecule has 4 nitrogen and oxygen atoms in total. The van der Waals surface area contributed by atoms with Gasteiger partial charge >= 0.3 is 0 Å². The topological polar surface area (TPSA) is 49.4 Å². The molecule has 2 aliphatic rings. The molecule has 0 saturated heterocycles. The lowest BCUT2D eigenvalue weighted by atomic mass is 9.80. The van der Waals surface area contributed by atoms with Crippen molar-refractivity contribution in [2.45, 2.75) is 45.1 Å². The van der Waals surface area contributed by atoms with E-state index in [-0.39, 0.29) is 24.3 Å². The molecule has 31 heavy (non-hydrogen) atoms. The van der Waals surface area contributed by atoms with Gasteiger partial charge in [0.05, 0.1) is 12.0 Å². The zero-order chi connectivity index (χ0) is 22.3. The molecule has 1 fully saturated rings. The minimum atomic E-state index is -2.75. The number of carbonyl (C=O) groups is 2. The Hall–Kier alpha value is -2.35. The number of nitrogens with one attached hydrogen (secondary N) is 1. The molecule has 1 aromatic carbocycles. The van der Waals surface area contributed by atoms with Crippen molar-refractivity contribution in [1.29, 1.82) is 0 Å². The van der Waals surface area contributed by atoms with E-state index in [4.69, 9.17) is 0 Å². The molecule has 1 N–H and O–H groups in total. The van der Waals surface area contributed by atoms with Crippen LogP contribution in [0, 0.1) is 24.6 Å². The number of thiophene rings is 1. The van der Waals surface area contributed by atoms with Crippen molar-refractivity contribution < 1.29 is 22.8 Å². The van der Waals surface area contributed by atoms with Crippen LogP contribution in [0.3, 0.4) is 0 Å². The van der Waals surface area contributed by atoms with Gasteiger partial charge in [-0.1, -0.05) is 19.1 Å². The standard InChI is InChI=1S/C23H25F3N2O2S/c1-13(12-27-21(29)16-10-23(25,26)11-16)22(30)28-8-7-19-18(9-14(2)31-19)20(28)15-3-5-17(24)6-4-15/h3-6,9,13,16,20H,7-8,10-12H2,1-2H3,(H,27,29)/t13?,20-/m1/s1. The normalized spacial score (nSPS) is 21.2. The fourth-order valence-electron chi connectivity index (χ4n) is 4.38. The van der Waals surface area contributed by atoms with Crippen LogP contribution < -0.4 is 5.32 Å². The summed E-state index contributed by atoms with van der Waals surface area (Å²) in [5, 5.41) is 2.66. The van der Waals surface area contributed by atoms with E-state index in [0.29, 0.717) is 6.54 Å². The number of rotatable bonds is 5. The molecule has 2 aromatic rings. The Labute approximate surface area is 183 Å². The number of alkyl halides is 2. The number of benzene rings is 1. The number of hydrogen-bond donors (Lipinski definition) is 1. The second-order valence-electron chi connectivity index (χ2n) is 8.58. The maximum absolute atomic E-state index is 13.5. The molecular weight excluding hydrogens is 425 g/mol. The first-order valence-corrected chi connectivity index (χ1v) is 11.3. The van der Waals surface area contributed by atoms with Crippen LogP contribution in [0.25, 0.3) is 0 Å². The Morgan fingerprint density at radius 3 is 2.58 bits per heavy atom. The Bertz CT molecular complexity index is 981. The Morgan fingerprint density at radius 2 is 1.94 bits per heavy atom. The minimum absolute atomic E-state index is 0.0991. The maximum atomic E-state index is 13.5. The molecule has 4 rings (SSSR count).